The Morgan fingerprint density at radius 1 is 1.00 bits per heavy atom. The van der Waals surface area contributed by atoms with Gasteiger partial charge in [0.2, 0.25) is 5.91 Å². The fraction of sp³-hybridized carbons (Fsp3) is 0.556. The van der Waals surface area contributed by atoms with Crippen molar-refractivity contribution in [3.8, 4) is 0 Å². The summed E-state index contributed by atoms with van der Waals surface area (Å²) in [4.78, 5) is 23.9. The van der Waals surface area contributed by atoms with Crippen LogP contribution < -0.4 is 16.0 Å². The predicted molar refractivity (Wildman–Crippen MR) is 89.1 cm³/mol. The smallest absolute Gasteiger partial charge is 0.251 e. The topological polar surface area (TPSA) is 70.2 Å². The number of hydrogen-bond acceptors (Lipinski definition) is 3. The molecule has 2 fully saturated rings. The van der Waals surface area contributed by atoms with Crippen LogP contribution in [0.2, 0.25) is 0 Å². The minimum Gasteiger partial charge on any atom is -0.354 e. The lowest BCUT2D eigenvalue weighted by atomic mass is 9.89. The highest BCUT2D eigenvalue weighted by atomic mass is 16.2. The Labute approximate surface area is 137 Å². The molecule has 5 nitrogen and oxygen atoms in total. The third kappa shape index (κ3) is 4.55. The van der Waals surface area contributed by atoms with Crippen LogP contribution >= 0.6 is 0 Å². The summed E-state index contributed by atoms with van der Waals surface area (Å²) in [6.45, 7) is 0.937. The summed E-state index contributed by atoms with van der Waals surface area (Å²) in [5.74, 6) is 0.507. The lowest BCUT2D eigenvalue weighted by Crippen LogP contribution is -2.40. The van der Waals surface area contributed by atoms with Gasteiger partial charge in [0.05, 0.1) is 0 Å². The van der Waals surface area contributed by atoms with E-state index in [2.05, 4.69) is 16.0 Å². The van der Waals surface area contributed by atoms with Crippen molar-refractivity contribution in [2.45, 2.75) is 44.2 Å². The molecule has 1 aromatic carbocycles. The van der Waals surface area contributed by atoms with Crippen molar-refractivity contribution in [1.29, 1.82) is 0 Å². The molecule has 0 aromatic heterocycles. The van der Waals surface area contributed by atoms with E-state index in [0.29, 0.717) is 43.1 Å². The molecule has 2 amide bonds. The van der Waals surface area contributed by atoms with E-state index in [9.17, 15) is 9.59 Å². The molecule has 0 aliphatic carbocycles. The molecule has 3 N–H and O–H groups in total. The standard InChI is InChI=1S/C18H25N3O2/c22-17(12-13-10-15-6-7-16(11-13)21-15)19-8-9-20-18(23)14-4-2-1-3-5-14/h1-5,13,15-16,21H,6-12H2,(H,19,22)(H,20,23). The second-order valence-corrected chi connectivity index (χ2v) is 6.65. The van der Waals surface area contributed by atoms with Crippen molar-refractivity contribution in [3.63, 3.8) is 0 Å². The maximum Gasteiger partial charge on any atom is 0.251 e. The molecule has 2 unspecified atom stereocenters. The Morgan fingerprint density at radius 2 is 1.65 bits per heavy atom. The number of piperidine rings is 1. The van der Waals surface area contributed by atoms with Crippen LogP contribution in [0.3, 0.4) is 0 Å². The molecule has 5 heteroatoms. The molecule has 23 heavy (non-hydrogen) atoms. The first-order valence-corrected chi connectivity index (χ1v) is 8.56. The third-order valence-electron chi connectivity index (χ3n) is 4.81. The molecular formula is C18H25N3O2. The van der Waals surface area contributed by atoms with Crippen molar-refractivity contribution in [1.82, 2.24) is 16.0 Å². The zero-order valence-corrected chi connectivity index (χ0v) is 13.4. The molecule has 2 heterocycles. The van der Waals surface area contributed by atoms with Crippen molar-refractivity contribution in [2.75, 3.05) is 13.1 Å². The molecule has 124 valence electrons. The van der Waals surface area contributed by atoms with Gasteiger partial charge in [-0.05, 0) is 43.7 Å². The lowest BCUT2D eigenvalue weighted by Gasteiger charge is -2.28. The van der Waals surface area contributed by atoms with Crippen molar-refractivity contribution >= 4 is 11.8 Å². The molecule has 2 atom stereocenters. The summed E-state index contributed by atoms with van der Waals surface area (Å²) in [6, 6.07) is 10.3. The summed E-state index contributed by atoms with van der Waals surface area (Å²) in [6.07, 6.45) is 5.37. The Hall–Kier alpha value is -1.88. The van der Waals surface area contributed by atoms with Gasteiger partial charge in [0, 0.05) is 37.2 Å². The number of benzene rings is 1. The largest absolute Gasteiger partial charge is 0.354 e. The Kier molecular flexibility index (Phi) is 5.28. The van der Waals surface area contributed by atoms with Crippen LogP contribution in [0.5, 0.6) is 0 Å². The highest BCUT2D eigenvalue weighted by molar-refractivity contribution is 5.94. The van der Waals surface area contributed by atoms with Crippen LogP contribution in [0.4, 0.5) is 0 Å². The van der Waals surface area contributed by atoms with Gasteiger partial charge in [-0.15, -0.1) is 0 Å². The molecule has 2 aliphatic rings. The highest BCUT2D eigenvalue weighted by Gasteiger charge is 2.33. The fourth-order valence-corrected chi connectivity index (χ4v) is 3.75. The molecule has 0 radical (unpaired) electrons. The van der Waals surface area contributed by atoms with Gasteiger partial charge in [0.25, 0.3) is 5.91 Å². The number of nitrogens with one attached hydrogen (secondary N) is 3. The average Bonchev–Trinajstić information content (AvgIpc) is 2.91. The van der Waals surface area contributed by atoms with Crippen LogP contribution in [0, 0.1) is 5.92 Å². The van der Waals surface area contributed by atoms with E-state index in [0.717, 1.165) is 12.8 Å². The molecule has 2 bridgehead atoms. The number of rotatable bonds is 6. The second-order valence-electron chi connectivity index (χ2n) is 6.65. The van der Waals surface area contributed by atoms with Crippen molar-refractivity contribution < 1.29 is 9.59 Å². The van der Waals surface area contributed by atoms with E-state index < -0.39 is 0 Å². The zero-order chi connectivity index (χ0) is 16.1. The molecule has 2 saturated heterocycles. The third-order valence-corrected chi connectivity index (χ3v) is 4.81. The van der Waals surface area contributed by atoms with Gasteiger partial charge in [0.1, 0.15) is 0 Å². The molecule has 0 saturated carbocycles. The van der Waals surface area contributed by atoms with E-state index in [1.165, 1.54) is 12.8 Å². The first-order chi connectivity index (χ1) is 11.2. The van der Waals surface area contributed by atoms with Gasteiger partial charge >= 0.3 is 0 Å². The monoisotopic (exact) mass is 315 g/mol. The SMILES string of the molecule is O=C(CC1CC2CCC(C1)N2)NCCNC(=O)c1ccccc1. The fourth-order valence-electron chi connectivity index (χ4n) is 3.75. The summed E-state index contributed by atoms with van der Waals surface area (Å²) in [5, 5.41) is 9.33. The van der Waals surface area contributed by atoms with Gasteiger partial charge in [0.15, 0.2) is 0 Å². The molecular weight excluding hydrogens is 290 g/mol. The maximum absolute atomic E-state index is 12.0. The van der Waals surface area contributed by atoms with Crippen LogP contribution in [-0.2, 0) is 4.79 Å². The molecule has 3 rings (SSSR count). The summed E-state index contributed by atoms with van der Waals surface area (Å²) in [7, 11) is 0. The molecule has 1 aromatic rings. The van der Waals surface area contributed by atoms with Crippen LogP contribution in [0.1, 0.15) is 42.5 Å². The van der Waals surface area contributed by atoms with Crippen molar-refractivity contribution in [2.24, 2.45) is 5.92 Å². The average molecular weight is 315 g/mol. The quantitative estimate of drug-likeness (QED) is 0.696. The number of fused-ring (bicyclic) bond motifs is 2. The van der Waals surface area contributed by atoms with E-state index in [1.807, 2.05) is 18.2 Å². The van der Waals surface area contributed by atoms with Gasteiger partial charge in [-0.2, -0.15) is 0 Å². The van der Waals surface area contributed by atoms with Crippen LogP contribution in [0.25, 0.3) is 0 Å². The van der Waals surface area contributed by atoms with E-state index in [1.54, 1.807) is 12.1 Å². The van der Waals surface area contributed by atoms with E-state index in [-0.39, 0.29) is 11.8 Å². The minimum absolute atomic E-state index is 0.102. The number of hydrogen-bond donors (Lipinski definition) is 3. The van der Waals surface area contributed by atoms with Gasteiger partial charge in [-0.3, -0.25) is 9.59 Å². The maximum atomic E-state index is 12.0. The predicted octanol–water partition coefficient (Wildman–Crippen LogP) is 1.45. The Morgan fingerprint density at radius 3 is 2.35 bits per heavy atom. The molecule has 0 spiro atoms. The highest BCUT2D eigenvalue weighted by Crippen LogP contribution is 2.32. The van der Waals surface area contributed by atoms with Gasteiger partial charge in [-0.1, -0.05) is 18.2 Å². The zero-order valence-electron chi connectivity index (χ0n) is 13.4. The van der Waals surface area contributed by atoms with Crippen LogP contribution in [0.15, 0.2) is 30.3 Å². The van der Waals surface area contributed by atoms with E-state index in [4.69, 9.17) is 0 Å². The Balaban J connectivity index is 1.31. The van der Waals surface area contributed by atoms with Crippen molar-refractivity contribution in [3.05, 3.63) is 35.9 Å². The van der Waals surface area contributed by atoms with Crippen LogP contribution in [-0.4, -0.2) is 37.0 Å². The summed E-state index contributed by atoms with van der Waals surface area (Å²) in [5.41, 5.74) is 0.643. The Bertz CT molecular complexity index is 534. The summed E-state index contributed by atoms with van der Waals surface area (Å²) >= 11 is 0. The summed E-state index contributed by atoms with van der Waals surface area (Å²) < 4.78 is 0. The second kappa shape index (κ2) is 7.59. The lowest BCUT2D eigenvalue weighted by molar-refractivity contribution is -0.122. The number of carbonyl (C=O) groups excluding carboxylic acids is 2. The number of amides is 2. The first kappa shape index (κ1) is 16.0. The van der Waals surface area contributed by atoms with Gasteiger partial charge < -0.3 is 16.0 Å². The first-order valence-electron chi connectivity index (χ1n) is 8.56. The van der Waals surface area contributed by atoms with E-state index >= 15 is 0 Å². The number of carbonyl (C=O) groups is 2. The normalized spacial score (nSPS) is 25.8. The molecule has 2 aliphatic heterocycles. The minimum atomic E-state index is -0.102. The van der Waals surface area contributed by atoms with Gasteiger partial charge in [-0.25, -0.2) is 0 Å².